The van der Waals surface area contributed by atoms with Crippen molar-refractivity contribution >= 4 is 22.0 Å². The van der Waals surface area contributed by atoms with Crippen LogP contribution in [0.5, 0.6) is 0 Å². The third-order valence-electron chi connectivity index (χ3n) is 14.2. The van der Waals surface area contributed by atoms with Crippen molar-refractivity contribution in [3.63, 3.8) is 0 Å². The Morgan fingerprint density at radius 2 is 1.60 bits per heavy atom. The van der Waals surface area contributed by atoms with E-state index in [2.05, 4.69) is 5.32 Å². The van der Waals surface area contributed by atoms with Crippen molar-refractivity contribution in [3.05, 3.63) is 30.3 Å². The number of cyclic esters (lactones) is 1. The molecule has 20 heteroatoms. The number of amides is 2. The van der Waals surface area contributed by atoms with E-state index in [-0.39, 0.29) is 68.3 Å². The van der Waals surface area contributed by atoms with Crippen molar-refractivity contribution in [1.29, 1.82) is 0 Å². The highest BCUT2D eigenvalue weighted by Gasteiger charge is 2.53. The molecule has 1 unspecified atom stereocenters. The van der Waals surface area contributed by atoms with Gasteiger partial charge < -0.3 is 64.2 Å². The van der Waals surface area contributed by atoms with Crippen LogP contribution in [0.2, 0.25) is 0 Å². The number of carbonyl (C=O) groups excluding carboxylic acids is 2. The molecule has 4 rings (SSSR count). The SMILES string of the molecule is CC[C@H]1OC(=O)[C@@H](C)[C@@H](OC2C[C@](C)(OC)[C@H](O)[C@@H](C)O2)[C@@H](C)[C@@H](O[C@H]2O[C@@H](C)C[C@H](N(C)C)[C@@H]2O)[C@](C)(O)C[C@@H](C)CN(CCCNC(=O)NS(=O)(=O)c2ccccc2)[C@H](C)[C@@H](O)[C@]1(C)O. The van der Waals surface area contributed by atoms with Crippen LogP contribution in [-0.2, 0) is 43.2 Å². The van der Waals surface area contributed by atoms with Crippen LogP contribution in [0.4, 0.5) is 4.79 Å². The summed E-state index contributed by atoms with van der Waals surface area (Å²) in [7, 11) is 1.07. The van der Waals surface area contributed by atoms with Gasteiger partial charge in [0.1, 0.15) is 30.0 Å². The molecule has 0 radical (unpaired) electrons. The number of hydrogen-bond acceptors (Lipinski definition) is 17. The Labute approximate surface area is 398 Å². The van der Waals surface area contributed by atoms with Gasteiger partial charge in [-0.1, -0.05) is 39.0 Å². The van der Waals surface area contributed by atoms with Crippen LogP contribution in [0, 0.1) is 17.8 Å². The molecule has 2 amide bonds. The first-order valence-electron chi connectivity index (χ1n) is 23.7. The molecule has 3 heterocycles. The zero-order valence-electron chi connectivity index (χ0n) is 41.8. The number of nitrogens with zero attached hydrogens (tertiary/aromatic N) is 2. The van der Waals surface area contributed by atoms with Crippen LogP contribution in [0.25, 0.3) is 0 Å². The predicted molar refractivity (Wildman–Crippen MR) is 248 cm³/mol. The van der Waals surface area contributed by atoms with Crippen molar-refractivity contribution in [2.75, 3.05) is 40.8 Å². The second-order valence-corrected chi connectivity index (χ2v) is 21.9. The van der Waals surface area contributed by atoms with Gasteiger partial charge in [-0.2, -0.15) is 0 Å². The van der Waals surface area contributed by atoms with Gasteiger partial charge in [-0.3, -0.25) is 9.69 Å². The van der Waals surface area contributed by atoms with E-state index in [1.807, 2.05) is 42.5 Å². The first-order chi connectivity index (χ1) is 31.1. The highest BCUT2D eigenvalue weighted by molar-refractivity contribution is 7.90. The van der Waals surface area contributed by atoms with E-state index in [9.17, 15) is 43.5 Å². The fourth-order valence-corrected chi connectivity index (χ4v) is 11.1. The monoisotopic (exact) mass is 975 g/mol. The molecule has 3 aliphatic rings. The normalized spacial score (nSPS) is 41.2. The van der Waals surface area contributed by atoms with Gasteiger partial charge in [0.2, 0.25) is 0 Å². The molecule has 0 bridgehead atoms. The molecule has 0 aliphatic carbocycles. The minimum atomic E-state index is -4.12. The number of carbonyl (C=O) groups is 2. The van der Waals surface area contributed by atoms with Gasteiger partial charge in [-0.25, -0.2) is 17.9 Å². The van der Waals surface area contributed by atoms with Gasteiger partial charge in [0.15, 0.2) is 12.6 Å². The summed E-state index contributed by atoms with van der Waals surface area (Å²) in [6.07, 6.45) is -9.30. The molecule has 1 aromatic carbocycles. The lowest BCUT2D eigenvalue weighted by Gasteiger charge is -2.48. The van der Waals surface area contributed by atoms with E-state index in [0.29, 0.717) is 6.42 Å². The fourth-order valence-electron chi connectivity index (χ4n) is 10.2. The Morgan fingerprint density at radius 1 is 0.955 bits per heavy atom. The lowest BCUT2D eigenvalue weighted by molar-refractivity contribution is -0.318. The highest BCUT2D eigenvalue weighted by Crippen LogP contribution is 2.40. The van der Waals surface area contributed by atoms with Crippen LogP contribution < -0.4 is 10.0 Å². The van der Waals surface area contributed by atoms with Gasteiger partial charge >= 0.3 is 12.0 Å². The minimum absolute atomic E-state index is 0.0436. The lowest BCUT2D eigenvalue weighted by Crippen LogP contribution is -2.60. The summed E-state index contributed by atoms with van der Waals surface area (Å²) in [6, 6.07) is 5.44. The fraction of sp³-hybridized carbons (Fsp3) is 0.830. The van der Waals surface area contributed by atoms with Crippen molar-refractivity contribution in [1.82, 2.24) is 19.8 Å². The Morgan fingerprint density at radius 3 is 2.19 bits per heavy atom. The zero-order chi connectivity index (χ0) is 50.4. The molecule has 0 saturated carbocycles. The second kappa shape index (κ2) is 23.6. The number of benzene rings is 1. The molecule has 3 fully saturated rings. The molecule has 0 aromatic heterocycles. The van der Waals surface area contributed by atoms with Crippen molar-refractivity contribution < 1.29 is 72.0 Å². The molecule has 0 spiro atoms. The highest BCUT2D eigenvalue weighted by atomic mass is 32.2. The number of rotatable bonds is 13. The molecule has 7 N–H and O–H groups in total. The predicted octanol–water partition coefficient (Wildman–Crippen LogP) is 2.35. The summed E-state index contributed by atoms with van der Waals surface area (Å²) in [4.78, 5) is 31.0. The second-order valence-electron chi connectivity index (χ2n) is 20.2. The Hall–Kier alpha value is -2.57. The number of likely N-dealkylation sites (N-methyl/N-ethyl adjacent to an activating group) is 1. The largest absolute Gasteiger partial charge is 0.459 e. The molecule has 386 valence electrons. The number of methoxy groups -OCH3 is 1. The van der Waals surface area contributed by atoms with E-state index in [0.717, 1.165) is 0 Å². The number of aliphatic hydroxyl groups excluding tert-OH is 3. The third kappa shape index (κ3) is 14.1. The van der Waals surface area contributed by atoms with Gasteiger partial charge in [0.05, 0.1) is 46.4 Å². The van der Waals surface area contributed by atoms with Crippen LogP contribution in [0.15, 0.2) is 35.2 Å². The lowest BCUT2D eigenvalue weighted by atomic mass is 9.77. The summed E-state index contributed by atoms with van der Waals surface area (Å²) in [5.74, 6) is -3.08. The number of hydrogen-bond donors (Lipinski definition) is 7. The average molecular weight is 975 g/mol. The smallest absolute Gasteiger partial charge is 0.328 e. The molecule has 3 saturated heterocycles. The number of urea groups is 1. The molecule has 67 heavy (non-hydrogen) atoms. The summed E-state index contributed by atoms with van der Waals surface area (Å²) in [6.45, 7) is 17.6. The molecular formula is C47H82N4O15S. The number of aliphatic hydroxyl groups is 5. The maximum Gasteiger partial charge on any atom is 0.328 e. The summed E-state index contributed by atoms with van der Waals surface area (Å²) >= 11 is 0. The number of sulfonamides is 1. The van der Waals surface area contributed by atoms with Gasteiger partial charge in [-0.05, 0) is 106 Å². The maximum atomic E-state index is 14.5. The first-order valence-corrected chi connectivity index (χ1v) is 25.2. The standard InChI is InChI=1S/C47H82N4O15S/c1-14-35-47(10,58)39(53)31(6)51(22-18-21-48-44(56)49-67(59,60)33-19-16-15-17-20-33)26-27(2)24-45(8,57)41(66-43-37(52)34(50(11)12)23-28(3)62-43)29(4)38(30(5)42(55)64-35)65-36-25-46(9,61-13)40(54)32(7)63-36/h15-17,19-20,27-32,34-41,43,52-54,57-58H,14,18,21-26H2,1-13H3,(H2,48,49,56)/t27-,28+,29-,30+,31-,32-,34+,35-,36?,37+,38+,39-,40-,41-,43-,45-,46+,47-/m1/s1. The summed E-state index contributed by atoms with van der Waals surface area (Å²) < 4.78 is 65.4. The summed E-state index contributed by atoms with van der Waals surface area (Å²) in [5, 5.41) is 62.3. The first kappa shape index (κ1) is 57.0. The van der Waals surface area contributed by atoms with Crippen LogP contribution in [0.3, 0.4) is 0 Å². The van der Waals surface area contributed by atoms with E-state index in [1.54, 1.807) is 66.7 Å². The number of esters is 1. The average Bonchev–Trinajstić information content (AvgIpc) is 3.25. The third-order valence-corrected chi connectivity index (χ3v) is 15.6. The van der Waals surface area contributed by atoms with Crippen molar-refractivity contribution in [2.24, 2.45) is 17.8 Å². The molecule has 3 aliphatic heterocycles. The Kier molecular flexibility index (Phi) is 20.1. The quantitative estimate of drug-likeness (QED) is 0.111. The van der Waals surface area contributed by atoms with E-state index in [4.69, 9.17) is 28.4 Å². The Balaban J connectivity index is 1.73. The van der Waals surface area contributed by atoms with Crippen LogP contribution >= 0.6 is 0 Å². The van der Waals surface area contributed by atoms with Crippen LogP contribution in [0.1, 0.15) is 101 Å². The van der Waals surface area contributed by atoms with E-state index >= 15 is 0 Å². The topological polar surface area (TPSA) is 255 Å². The van der Waals surface area contributed by atoms with Crippen molar-refractivity contribution in [3.8, 4) is 0 Å². The molecule has 18 atom stereocenters. The maximum absolute atomic E-state index is 14.5. The molecular weight excluding hydrogens is 893 g/mol. The van der Waals surface area contributed by atoms with Gasteiger partial charge in [0, 0.05) is 51.2 Å². The van der Waals surface area contributed by atoms with Gasteiger partial charge in [0.25, 0.3) is 10.0 Å². The molecule has 19 nitrogen and oxygen atoms in total. The van der Waals surface area contributed by atoms with E-state index in [1.165, 1.54) is 26.2 Å². The Bertz CT molecular complexity index is 1840. The summed E-state index contributed by atoms with van der Waals surface area (Å²) in [5.41, 5.74) is -4.78. The van der Waals surface area contributed by atoms with Gasteiger partial charge in [-0.15, -0.1) is 0 Å². The number of ether oxygens (including phenoxy) is 6. The van der Waals surface area contributed by atoms with Crippen LogP contribution in [-0.4, -0.2) is 187 Å². The van der Waals surface area contributed by atoms with Crippen molar-refractivity contribution in [2.45, 2.75) is 197 Å². The molecule has 1 aromatic rings. The minimum Gasteiger partial charge on any atom is -0.459 e. The zero-order valence-corrected chi connectivity index (χ0v) is 42.6. The van der Waals surface area contributed by atoms with E-state index < -0.39 is 112 Å². The number of nitrogens with one attached hydrogen (secondary N) is 2.